The average molecular weight is 297 g/mol. The van der Waals surface area contributed by atoms with Crippen LogP contribution in [0.5, 0.6) is 0 Å². The van der Waals surface area contributed by atoms with Crippen molar-refractivity contribution < 1.29 is 9.59 Å². The van der Waals surface area contributed by atoms with Gasteiger partial charge in [0.25, 0.3) is 5.91 Å². The molecule has 20 heavy (non-hydrogen) atoms. The summed E-state index contributed by atoms with van der Waals surface area (Å²) in [6.45, 7) is 3.08. The largest absolute Gasteiger partial charge is 0.382 e. The monoisotopic (exact) mass is 297 g/mol. The van der Waals surface area contributed by atoms with Gasteiger partial charge in [-0.3, -0.25) is 9.59 Å². The number of nitrogens with zero attached hydrogens (tertiary/aromatic N) is 2. The highest BCUT2D eigenvalue weighted by Gasteiger charge is 2.26. The van der Waals surface area contributed by atoms with E-state index in [0.717, 1.165) is 30.9 Å². The number of hydrogen-bond donors (Lipinski definition) is 3. The summed E-state index contributed by atoms with van der Waals surface area (Å²) in [5, 5.41) is 6.32. The van der Waals surface area contributed by atoms with Gasteiger partial charge >= 0.3 is 0 Å². The number of carbonyl (C=O) groups excluding carboxylic acids is 2. The number of nitrogens with one attached hydrogen (secondary N) is 2. The van der Waals surface area contributed by atoms with Crippen molar-refractivity contribution in [3.8, 4) is 0 Å². The van der Waals surface area contributed by atoms with Crippen LogP contribution in [0.3, 0.4) is 0 Å². The predicted molar refractivity (Wildman–Crippen MR) is 79.0 cm³/mol. The lowest BCUT2D eigenvalue weighted by Crippen LogP contribution is -2.44. The van der Waals surface area contributed by atoms with Crippen molar-refractivity contribution in [3.05, 3.63) is 5.56 Å². The molecule has 1 fully saturated rings. The molecule has 1 aromatic rings. The van der Waals surface area contributed by atoms with E-state index in [0.29, 0.717) is 5.56 Å². The molecular formula is C12H19N5O2S. The molecule has 2 heterocycles. The van der Waals surface area contributed by atoms with Gasteiger partial charge in [-0.1, -0.05) is 0 Å². The minimum Gasteiger partial charge on any atom is -0.382 e. The summed E-state index contributed by atoms with van der Waals surface area (Å²) in [7, 11) is 1.58. The molecule has 0 unspecified atom stereocenters. The number of rotatable bonds is 3. The number of carbonyl (C=O) groups is 2. The van der Waals surface area contributed by atoms with Gasteiger partial charge in [0.1, 0.15) is 10.6 Å². The zero-order valence-corrected chi connectivity index (χ0v) is 12.4. The van der Waals surface area contributed by atoms with Crippen LogP contribution in [0.1, 0.15) is 30.1 Å². The lowest BCUT2D eigenvalue weighted by Gasteiger charge is -2.33. The summed E-state index contributed by atoms with van der Waals surface area (Å²) < 4.78 is 4.08. The lowest BCUT2D eigenvalue weighted by molar-refractivity contribution is -0.119. The second-order valence-corrected chi connectivity index (χ2v) is 5.54. The van der Waals surface area contributed by atoms with Crippen molar-refractivity contribution in [3.63, 3.8) is 0 Å². The molecule has 1 aliphatic rings. The fourth-order valence-corrected chi connectivity index (χ4v) is 3.22. The van der Waals surface area contributed by atoms with Gasteiger partial charge in [-0.25, -0.2) is 0 Å². The number of amides is 2. The number of aromatic nitrogens is 1. The summed E-state index contributed by atoms with van der Waals surface area (Å²) in [4.78, 5) is 25.0. The highest BCUT2D eigenvalue weighted by atomic mass is 32.1. The van der Waals surface area contributed by atoms with Gasteiger partial charge in [-0.15, -0.1) is 0 Å². The Kier molecular flexibility index (Phi) is 4.43. The summed E-state index contributed by atoms with van der Waals surface area (Å²) in [6, 6.07) is 0.206. The molecule has 1 aromatic heterocycles. The molecular weight excluding hydrogens is 278 g/mol. The summed E-state index contributed by atoms with van der Waals surface area (Å²) in [6.07, 6.45) is 1.70. The van der Waals surface area contributed by atoms with Crippen molar-refractivity contribution in [2.45, 2.75) is 25.8 Å². The Hall–Kier alpha value is -1.83. The third-order valence-electron chi connectivity index (χ3n) is 3.34. The predicted octanol–water partition coefficient (Wildman–Crippen LogP) is 0.190. The molecule has 110 valence electrons. The van der Waals surface area contributed by atoms with Gasteiger partial charge in [0.05, 0.1) is 0 Å². The van der Waals surface area contributed by atoms with E-state index in [1.165, 1.54) is 18.5 Å². The zero-order chi connectivity index (χ0) is 14.7. The first kappa shape index (κ1) is 14.6. The molecule has 0 bridgehead atoms. The van der Waals surface area contributed by atoms with Gasteiger partial charge in [0.2, 0.25) is 5.91 Å². The van der Waals surface area contributed by atoms with E-state index in [4.69, 9.17) is 5.73 Å². The Morgan fingerprint density at radius 2 is 2.05 bits per heavy atom. The SMILES string of the molecule is CNC(=O)c1c(N)nsc1N1CCC(NC(C)=O)CC1. The number of hydrogen-bond acceptors (Lipinski definition) is 6. The minimum atomic E-state index is -0.213. The summed E-state index contributed by atoms with van der Waals surface area (Å²) in [5.74, 6) is 0.0557. The fourth-order valence-electron chi connectivity index (χ4n) is 2.36. The molecule has 2 amide bonds. The quantitative estimate of drug-likeness (QED) is 0.739. The maximum absolute atomic E-state index is 11.9. The van der Waals surface area contributed by atoms with Gasteiger partial charge < -0.3 is 21.3 Å². The molecule has 0 aromatic carbocycles. The van der Waals surface area contributed by atoms with Crippen LogP contribution in [0.15, 0.2) is 0 Å². The molecule has 1 saturated heterocycles. The van der Waals surface area contributed by atoms with E-state index in [1.807, 2.05) is 0 Å². The van der Waals surface area contributed by atoms with Crippen LogP contribution in [0.4, 0.5) is 10.8 Å². The van der Waals surface area contributed by atoms with Crippen LogP contribution in [-0.4, -0.2) is 42.4 Å². The molecule has 0 atom stereocenters. The van der Waals surface area contributed by atoms with E-state index in [9.17, 15) is 9.59 Å². The van der Waals surface area contributed by atoms with Crippen LogP contribution in [0, 0.1) is 0 Å². The Balaban J connectivity index is 2.07. The number of nitrogen functional groups attached to an aromatic ring is 1. The zero-order valence-electron chi connectivity index (χ0n) is 11.6. The van der Waals surface area contributed by atoms with Crippen LogP contribution in [-0.2, 0) is 4.79 Å². The normalized spacial score (nSPS) is 16.0. The van der Waals surface area contributed by atoms with E-state index in [-0.39, 0.29) is 23.7 Å². The van der Waals surface area contributed by atoms with Crippen LogP contribution >= 0.6 is 11.5 Å². The van der Waals surface area contributed by atoms with Crippen LogP contribution < -0.4 is 21.3 Å². The first-order chi connectivity index (χ1) is 9.52. The van der Waals surface area contributed by atoms with Crippen molar-refractivity contribution in [1.29, 1.82) is 0 Å². The van der Waals surface area contributed by atoms with Crippen molar-refractivity contribution in [2.24, 2.45) is 0 Å². The third-order valence-corrected chi connectivity index (χ3v) is 4.27. The molecule has 0 saturated carbocycles. The Bertz CT molecular complexity index is 508. The molecule has 7 nitrogen and oxygen atoms in total. The summed E-state index contributed by atoms with van der Waals surface area (Å²) in [5.41, 5.74) is 6.23. The van der Waals surface area contributed by atoms with Crippen LogP contribution in [0.2, 0.25) is 0 Å². The number of anilines is 2. The van der Waals surface area contributed by atoms with Crippen molar-refractivity contribution in [2.75, 3.05) is 30.8 Å². The molecule has 0 aliphatic carbocycles. The standard InChI is InChI=1S/C12H19N5O2S/c1-7(18)15-8-3-5-17(6-4-8)12-9(11(19)14-2)10(13)16-20-12/h8H,3-6H2,1-2H3,(H2,13,16)(H,14,19)(H,15,18). The van der Waals surface area contributed by atoms with Gasteiger partial charge in [-0.2, -0.15) is 4.37 Å². The van der Waals surface area contributed by atoms with Gasteiger partial charge in [-0.05, 0) is 24.4 Å². The maximum atomic E-state index is 11.9. The minimum absolute atomic E-state index is 0.00321. The first-order valence-corrected chi connectivity index (χ1v) is 7.29. The molecule has 8 heteroatoms. The molecule has 0 spiro atoms. The third kappa shape index (κ3) is 3.01. The Morgan fingerprint density at radius 1 is 1.40 bits per heavy atom. The Labute approximate surface area is 121 Å². The topological polar surface area (TPSA) is 100 Å². The maximum Gasteiger partial charge on any atom is 0.257 e. The molecule has 2 rings (SSSR count). The van der Waals surface area contributed by atoms with E-state index >= 15 is 0 Å². The molecule has 0 radical (unpaired) electrons. The van der Waals surface area contributed by atoms with E-state index < -0.39 is 0 Å². The van der Waals surface area contributed by atoms with Gasteiger partial charge in [0.15, 0.2) is 5.82 Å². The first-order valence-electron chi connectivity index (χ1n) is 6.52. The Morgan fingerprint density at radius 3 is 2.60 bits per heavy atom. The average Bonchev–Trinajstić information content (AvgIpc) is 2.80. The fraction of sp³-hybridized carbons (Fsp3) is 0.583. The van der Waals surface area contributed by atoms with Crippen molar-refractivity contribution >= 4 is 34.2 Å². The number of nitrogens with two attached hydrogens (primary N) is 1. The molecule has 4 N–H and O–H groups in total. The van der Waals surface area contributed by atoms with E-state index in [2.05, 4.69) is 19.9 Å². The van der Waals surface area contributed by atoms with Gasteiger partial charge in [0, 0.05) is 33.1 Å². The highest BCUT2D eigenvalue weighted by Crippen LogP contribution is 2.32. The second-order valence-electron chi connectivity index (χ2n) is 4.79. The lowest BCUT2D eigenvalue weighted by atomic mass is 10.0. The second kappa shape index (κ2) is 6.08. The number of piperidine rings is 1. The molecule has 1 aliphatic heterocycles. The van der Waals surface area contributed by atoms with Crippen LogP contribution in [0.25, 0.3) is 0 Å². The van der Waals surface area contributed by atoms with E-state index in [1.54, 1.807) is 7.05 Å². The van der Waals surface area contributed by atoms with Crippen molar-refractivity contribution in [1.82, 2.24) is 15.0 Å². The highest BCUT2D eigenvalue weighted by molar-refractivity contribution is 7.11. The smallest absolute Gasteiger partial charge is 0.257 e. The summed E-state index contributed by atoms with van der Waals surface area (Å²) >= 11 is 1.24.